The van der Waals surface area contributed by atoms with E-state index in [-0.39, 0.29) is 34.2 Å². The molecule has 4 aliphatic rings. The quantitative estimate of drug-likeness (QED) is 0.472. The van der Waals surface area contributed by atoms with Crippen LogP contribution in [0.3, 0.4) is 0 Å². The molecule has 4 aliphatic carbocycles. The van der Waals surface area contributed by atoms with Crippen molar-refractivity contribution in [3.8, 4) is 0 Å². The first-order valence-electron chi connectivity index (χ1n) is 9.98. The van der Waals surface area contributed by atoms with Crippen molar-refractivity contribution in [3.05, 3.63) is 39.4 Å². The lowest BCUT2D eigenvalue weighted by Crippen LogP contribution is -2.55. The summed E-state index contributed by atoms with van der Waals surface area (Å²) < 4.78 is 4.66. The van der Waals surface area contributed by atoms with Crippen molar-refractivity contribution >= 4 is 17.6 Å². The van der Waals surface area contributed by atoms with Crippen LogP contribution in [0.1, 0.15) is 66.2 Å². The highest BCUT2D eigenvalue weighted by Crippen LogP contribution is 2.61. The molecule has 5 rings (SSSR count). The summed E-state index contributed by atoms with van der Waals surface area (Å²) in [5, 5.41) is 14.3. The van der Waals surface area contributed by atoms with E-state index in [1.54, 1.807) is 0 Å². The maximum Gasteiger partial charge on any atom is 0.338 e. The number of ether oxygens (including phenoxy) is 1. The van der Waals surface area contributed by atoms with Crippen LogP contribution in [0.2, 0.25) is 0 Å². The van der Waals surface area contributed by atoms with Crippen LogP contribution in [0.5, 0.6) is 0 Å². The molecule has 4 fully saturated rings. The monoisotopic (exact) mass is 386 g/mol. The molecule has 1 atom stereocenters. The van der Waals surface area contributed by atoms with Crippen molar-refractivity contribution in [1.29, 1.82) is 0 Å². The minimum absolute atomic E-state index is 0.00399. The van der Waals surface area contributed by atoms with Crippen molar-refractivity contribution in [2.45, 2.75) is 51.5 Å². The number of non-ortho nitro benzene ring substituents is 1. The van der Waals surface area contributed by atoms with E-state index in [0.29, 0.717) is 0 Å². The first kappa shape index (κ1) is 18.9. The minimum atomic E-state index is -0.702. The molecule has 150 valence electrons. The predicted molar refractivity (Wildman–Crippen MR) is 102 cm³/mol. The predicted octanol–water partition coefficient (Wildman–Crippen LogP) is 3.72. The van der Waals surface area contributed by atoms with Crippen molar-refractivity contribution in [2.24, 2.45) is 23.2 Å². The molecule has 0 spiro atoms. The van der Waals surface area contributed by atoms with Gasteiger partial charge in [0.25, 0.3) is 11.6 Å². The lowest BCUT2D eigenvalue weighted by Gasteiger charge is -2.59. The zero-order valence-corrected chi connectivity index (χ0v) is 16.3. The van der Waals surface area contributed by atoms with Crippen LogP contribution in [0, 0.1) is 33.3 Å². The van der Waals surface area contributed by atoms with Crippen LogP contribution < -0.4 is 5.32 Å². The Balaban J connectivity index is 1.56. The number of rotatable bonds is 5. The SMILES string of the molecule is COC(=O)c1cc(C(=O)N[C@H](C)C23CC4CC(CC(C4)C2)C3)cc([N+](=O)[O-])c1. The molecule has 7 heteroatoms. The molecule has 4 saturated carbocycles. The second-order valence-electron chi connectivity index (χ2n) is 8.99. The van der Waals surface area contributed by atoms with Crippen molar-refractivity contribution < 1.29 is 19.2 Å². The highest BCUT2D eigenvalue weighted by Gasteiger charge is 2.53. The van der Waals surface area contributed by atoms with Gasteiger partial charge in [0.15, 0.2) is 0 Å². The summed E-state index contributed by atoms with van der Waals surface area (Å²) in [6.45, 7) is 2.06. The van der Waals surface area contributed by atoms with Crippen LogP contribution in [-0.2, 0) is 4.74 Å². The fourth-order valence-electron chi connectivity index (χ4n) is 6.22. The maximum atomic E-state index is 12.9. The van der Waals surface area contributed by atoms with Crippen LogP contribution >= 0.6 is 0 Å². The molecular formula is C21H26N2O5. The van der Waals surface area contributed by atoms with Crippen molar-refractivity contribution in [3.63, 3.8) is 0 Å². The number of methoxy groups -OCH3 is 1. The minimum Gasteiger partial charge on any atom is -0.465 e. The van der Waals surface area contributed by atoms with E-state index in [2.05, 4.69) is 17.0 Å². The normalized spacial score (nSPS) is 31.3. The summed E-state index contributed by atoms with van der Waals surface area (Å²) >= 11 is 0. The fraction of sp³-hybridized carbons (Fsp3) is 0.619. The summed E-state index contributed by atoms with van der Waals surface area (Å²) in [6.07, 6.45) is 7.45. The molecular weight excluding hydrogens is 360 g/mol. The molecule has 1 aromatic rings. The molecule has 0 aromatic heterocycles. The Morgan fingerprint density at radius 3 is 2.14 bits per heavy atom. The van der Waals surface area contributed by atoms with Crippen LogP contribution in [0.4, 0.5) is 5.69 Å². The van der Waals surface area contributed by atoms with E-state index in [9.17, 15) is 19.7 Å². The Kier molecular flexibility index (Phi) is 4.63. The van der Waals surface area contributed by atoms with Gasteiger partial charge in [-0.2, -0.15) is 0 Å². The molecule has 0 saturated heterocycles. The third-order valence-electron chi connectivity index (χ3n) is 7.16. The molecule has 1 N–H and O–H groups in total. The second-order valence-corrected chi connectivity index (χ2v) is 8.99. The van der Waals surface area contributed by atoms with E-state index in [0.717, 1.165) is 43.1 Å². The first-order chi connectivity index (χ1) is 13.3. The van der Waals surface area contributed by atoms with Gasteiger partial charge in [0.05, 0.1) is 17.6 Å². The summed E-state index contributed by atoms with van der Waals surface area (Å²) in [6, 6.07) is 3.70. The standard InChI is InChI=1S/C21H26N2O5/c1-12(21-9-13-3-14(10-21)5-15(4-13)11-21)22-19(24)16-6-17(20(25)28-2)8-18(7-16)23(26)27/h6-8,12-15H,3-5,9-11H2,1-2H3,(H,22,24)/t12-,13?,14?,15?,21?/m1/s1. The second kappa shape index (κ2) is 6.87. The Hall–Kier alpha value is -2.44. The van der Waals surface area contributed by atoms with Gasteiger partial charge in [-0.05, 0) is 74.7 Å². The molecule has 1 amide bonds. The van der Waals surface area contributed by atoms with Crippen LogP contribution in [0.15, 0.2) is 18.2 Å². The average Bonchev–Trinajstić information content (AvgIpc) is 2.65. The number of benzene rings is 1. The highest BCUT2D eigenvalue weighted by molar-refractivity contribution is 5.99. The van der Waals surface area contributed by atoms with Gasteiger partial charge >= 0.3 is 5.97 Å². The third-order valence-corrected chi connectivity index (χ3v) is 7.16. The number of nitro benzene ring substituents is 1. The Morgan fingerprint density at radius 2 is 1.64 bits per heavy atom. The van der Waals surface area contributed by atoms with Gasteiger partial charge in [0.2, 0.25) is 0 Å². The van der Waals surface area contributed by atoms with Gasteiger partial charge in [-0.1, -0.05) is 0 Å². The number of nitrogens with one attached hydrogen (secondary N) is 1. The zero-order chi connectivity index (χ0) is 20.1. The van der Waals surface area contributed by atoms with Gasteiger partial charge in [-0.15, -0.1) is 0 Å². The van der Waals surface area contributed by atoms with Gasteiger partial charge in [-0.3, -0.25) is 14.9 Å². The highest BCUT2D eigenvalue weighted by atomic mass is 16.6. The number of hydrogen-bond donors (Lipinski definition) is 1. The fourth-order valence-corrected chi connectivity index (χ4v) is 6.22. The Labute approximate surface area is 164 Å². The number of carbonyl (C=O) groups excluding carboxylic acids is 2. The van der Waals surface area contributed by atoms with E-state index in [1.165, 1.54) is 38.5 Å². The number of nitro groups is 1. The van der Waals surface area contributed by atoms with Gasteiger partial charge < -0.3 is 10.1 Å². The number of amides is 1. The Morgan fingerprint density at radius 1 is 1.11 bits per heavy atom. The van der Waals surface area contributed by atoms with Crippen LogP contribution in [-0.4, -0.2) is 30.0 Å². The van der Waals surface area contributed by atoms with Gasteiger partial charge in [-0.25, -0.2) is 4.79 Å². The summed E-state index contributed by atoms with van der Waals surface area (Å²) in [4.78, 5) is 35.3. The first-order valence-corrected chi connectivity index (χ1v) is 9.98. The molecule has 1 aromatic carbocycles. The lowest BCUT2D eigenvalue weighted by molar-refractivity contribution is -0.384. The summed E-state index contributed by atoms with van der Waals surface area (Å²) in [5.74, 6) is 1.24. The zero-order valence-electron chi connectivity index (χ0n) is 16.3. The smallest absolute Gasteiger partial charge is 0.338 e. The number of esters is 1. The van der Waals surface area contributed by atoms with Crippen LogP contribution in [0.25, 0.3) is 0 Å². The third kappa shape index (κ3) is 3.27. The van der Waals surface area contributed by atoms with Crippen molar-refractivity contribution in [1.82, 2.24) is 5.32 Å². The molecule has 0 aliphatic heterocycles. The molecule has 7 nitrogen and oxygen atoms in total. The summed E-state index contributed by atoms with van der Waals surface area (Å²) in [5.41, 5.74) is -0.0398. The molecule has 28 heavy (non-hydrogen) atoms. The lowest BCUT2D eigenvalue weighted by atomic mass is 9.48. The molecule has 0 heterocycles. The van der Waals surface area contributed by atoms with Gasteiger partial charge in [0, 0.05) is 23.7 Å². The number of carbonyl (C=O) groups is 2. The molecule has 0 unspecified atom stereocenters. The van der Waals surface area contributed by atoms with E-state index in [1.807, 2.05) is 0 Å². The summed E-state index contributed by atoms with van der Waals surface area (Å²) in [7, 11) is 1.20. The van der Waals surface area contributed by atoms with E-state index < -0.39 is 10.9 Å². The molecule has 4 bridgehead atoms. The average molecular weight is 386 g/mol. The largest absolute Gasteiger partial charge is 0.465 e. The molecule has 0 radical (unpaired) electrons. The van der Waals surface area contributed by atoms with E-state index >= 15 is 0 Å². The number of hydrogen-bond acceptors (Lipinski definition) is 5. The van der Waals surface area contributed by atoms with Gasteiger partial charge in [0.1, 0.15) is 0 Å². The van der Waals surface area contributed by atoms with E-state index in [4.69, 9.17) is 0 Å². The topological polar surface area (TPSA) is 98.5 Å². The number of nitrogens with zero attached hydrogens (tertiary/aromatic N) is 1. The maximum absolute atomic E-state index is 12.9. The Bertz CT molecular complexity index is 799. The van der Waals surface area contributed by atoms with Crippen molar-refractivity contribution in [2.75, 3.05) is 7.11 Å².